The van der Waals surface area contributed by atoms with Crippen LogP contribution in [0.5, 0.6) is 0 Å². The van der Waals surface area contributed by atoms with Crippen LogP contribution in [0.2, 0.25) is 5.02 Å². The molecular formula is C10H16ClNS2. The number of hydrogen-bond donors (Lipinski definition) is 1. The molecule has 0 aliphatic carbocycles. The lowest BCUT2D eigenvalue weighted by atomic mass is 10.3. The molecule has 14 heavy (non-hydrogen) atoms. The summed E-state index contributed by atoms with van der Waals surface area (Å²) in [7, 11) is 0. The fourth-order valence-corrected chi connectivity index (χ4v) is 2.48. The SMILES string of the molecule is CSC(C)CCNCc1cc(Cl)cs1. The third kappa shape index (κ3) is 4.69. The smallest absolute Gasteiger partial charge is 0.0516 e. The Hall–Kier alpha value is 0.300. The topological polar surface area (TPSA) is 12.0 Å². The van der Waals surface area contributed by atoms with Gasteiger partial charge in [0, 0.05) is 22.1 Å². The molecule has 1 heterocycles. The molecule has 1 aromatic heterocycles. The molecule has 0 fully saturated rings. The number of halogens is 1. The van der Waals surface area contributed by atoms with Gasteiger partial charge in [0.05, 0.1) is 5.02 Å². The van der Waals surface area contributed by atoms with Crippen LogP contribution in [0.25, 0.3) is 0 Å². The van der Waals surface area contributed by atoms with Gasteiger partial charge in [-0.2, -0.15) is 11.8 Å². The Labute approximate surface area is 99.2 Å². The van der Waals surface area contributed by atoms with E-state index in [1.165, 1.54) is 11.3 Å². The Bertz CT molecular complexity index is 262. The normalized spacial score (nSPS) is 13.1. The van der Waals surface area contributed by atoms with E-state index in [-0.39, 0.29) is 0 Å². The third-order valence-corrected chi connectivity index (χ3v) is 4.38. The molecule has 0 radical (unpaired) electrons. The first-order valence-electron chi connectivity index (χ1n) is 4.69. The first kappa shape index (κ1) is 12.4. The number of thiophene rings is 1. The Morgan fingerprint density at radius 2 is 2.43 bits per heavy atom. The Kier molecular flexibility index (Phi) is 5.94. The lowest BCUT2D eigenvalue weighted by Gasteiger charge is -2.07. The Balaban J connectivity index is 2.10. The summed E-state index contributed by atoms with van der Waals surface area (Å²) < 4.78 is 0. The van der Waals surface area contributed by atoms with Crippen LogP contribution in [-0.4, -0.2) is 18.1 Å². The van der Waals surface area contributed by atoms with Gasteiger partial charge in [0.15, 0.2) is 0 Å². The largest absolute Gasteiger partial charge is 0.312 e. The lowest BCUT2D eigenvalue weighted by molar-refractivity contribution is 0.653. The molecule has 0 aliphatic rings. The molecule has 0 aromatic carbocycles. The fraction of sp³-hybridized carbons (Fsp3) is 0.600. The van der Waals surface area contributed by atoms with Crippen LogP contribution in [-0.2, 0) is 6.54 Å². The van der Waals surface area contributed by atoms with E-state index in [0.717, 1.165) is 23.4 Å². The quantitative estimate of drug-likeness (QED) is 0.773. The maximum atomic E-state index is 5.83. The van der Waals surface area contributed by atoms with Crippen LogP contribution in [0.1, 0.15) is 18.2 Å². The summed E-state index contributed by atoms with van der Waals surface area (Å²) >= 11 is 9.46. The number of nitrogens with one attached hydrogen (secondary N) is 1. The van der Waals surface area contributed by atoms with E-state index in [1.807, 2.05) is 23.2 Å². The first-order valence-corrected chi connectivity index (χ1v) is 7.23. The van der Waals surface area contributed by atoms with Crippen molar-refractivity contribution in [2.75, 3.05) is 12.8 Å². The highest BCUT2D eigenvalue weighted by atomic mass is 35.5. The first-order chi connectivity index (χ1) is 6.72. The minimum Gasteiger partial charge on any atom is -0.312 e. The highest BCUT2D eigenvalue weighted by Gasteiger charge is 1.99. The highest BCUT2D eigenvalue weighted by molar-refractivity contribution is 7.99. The Morgan fingerprint density at radius 1 is 1.64 bits per heavy atom. The molecule has 1 rings (SSSR count). The second kappa shape index (κ2) is 6.72. The molecule has 1 unspecified atom stereocenters. The maximum Gasteiger partial charge on any atom is 0.0516 e. The van der Waals surface area contributed by atoms with Crippen molar-refractivity contribution in [2.24, 2.45) is 0 Å². The van der Waals surface area contributed by atoms with Gasteiger partial charge < -0.3 is 5.32 Å². The predicted octanol–water partition coefficient (Wildman–Crippen LogP) is 3.63. The highest BCUT2D eigenvalue weighted by Crippen LogP contribution is 2.18. The van der Waals surface area contributed by atoms with Gasteiger partial charge in [-0.05, 0) is 25.3 Å². The molecule has 1 nitrogen and oxygen atoms in total. The van der Waals surface area contributed by atoms with Crippen molar-refractivity contribution < 1.29 is 0 Å². The van der Waals surface area contributed by atoms with Crippen LogP contribution in [0.3, 0.4) is 0 Å². The zero-order chi connectivity index (χ0) is 10.4. The molecule has 0 saturated heterocycles. The average Bonchev–Trinajstić information content (AvgIpc) is 2.58. The van der Waals surface area contributed by atoms with Crippen LogP contribution in [0.15, 0.2) is 11.4 Å². The summed E-state index contributed by atoms with van der Waals surface area (Å²) in [5, 5.41) is 6.99. The summed E-state index contributed by atoms with van der Waals surface area (Å²) in [5.41, 5.74) is 0. The lowest BCUT2D eigenvalue weighted by Crippen LogP contribution is -2.16. The average molecular weight is 250 g/mol. The zero-order valence-corrected chi connectivity index (χ0v) is 10.9. The molecule has 0 saturated carbocycles. The number of thioether (sulfide) groups is 1. The second-order valence-corrected chi connectivity index (χ2v) is 5.95. The summed E-state index contributed by atoms with van der Waals surface area (Å²) in [4.78, 5) is 1.31. The van der Waals surface area contributed by atoms with Gasteiger partial charge in [0.2, 0.25) is 0 Å². The van der Waals surface area contributed by atoms with Crippen molar-refractivity contribution in [1.29, 1.82) is 0 Å². The summed E-state index contributed by atoms with van der Waals surface area (Å²) in [6, 6.07) is 2.03. The molecule has 1 aromatic rings. The van der Waals surface area contributed by atoms with Gasteiger partial charge >= 0.3 is 0 Å². The van der Waals surface area contributed by atoms with Crippen molar-refractivity contribution in [3.8, 4) is 0 Å². The van der Waals surface area contributed by atoms with Crippen LogP contribution in [0.4, 0.5) is 0 Å². The van der Waals surface area contributed by atoms with Crippen LogP contribution < -0.4 is 5.32 Å². The van der Waals surface area contributed by atoms with Gasteiger partial charge in [0.25, 0.3) is 0 Å². The van der Waals surface area contributed by atoms with E-state index < -0.39 is 0 Å². The maximum absolute atomic E-state index is 5.83. The monoisotopic (exact) mass is 249 g/mol. The summed E-state index contributed by atoms with van der Waals surface area (Å²) in [6.07, 6.45) is 3.38. The van der Waals surface area contributed by atoms with Crippen molar-refractivity contribution in [3.05, 3.63) is 21.3 Å². The number of hydrogen-bond acceptors (Lipinski definition) is 3. The summed E-state index contributed by atoms with van der Waals surface area (Å²) in [6.45, 7) is 4.28. The van der Waals surface area contributed by atoms with E-state index in [1.54, 1.807) is 11.3 Å². The van der Waals surface area contributed by atoms with E-state index >= 15 is 0 Å². The van der Waals surface area contributed by atoms with Gasteiger partial charge in [0.1, 0.15) is 0 Å². The molecular weight excluding hydrogens is 234 g/mol. The van der Waals surface area contributed by atoms with Gasteiger partial charge in [-0.25, -0.2) is 0 Å². The molecule has 1 atom stereocenters. The van der Waals surface area contributed by atoms with E-state index in [4.69, 9.17) is 11.6 Å². The van der Waals surface area contributed by atoms with E-state index in [2.05, 4.69) is 18.5 Å². The molecule has 0 bridgehead atoms. The second-order valence-electron chi connectivity index (χ2n) is 3.24. The van der Waals surface area contributed by atoms with Crippen LogP contribution >= 0.6 is 34.7 Å². The summed E-state index contributed by atoms with van der Waals surface area (Å²) in [5.74, 6) is 0. The minimum absolute atomic E-state index is 0.745. The predicted molar refractivity (Wildman–Crippen MR) is 68.6 cm³/mol. The standard InChI is InChI=1S/C10H16ClNS2/c1-8(13-2)3-4-12-6-10-5-9(11)7-14-10/h5,7-8,12H,3-4,6H2,1-2H3. The number of rotatable bonds is 6. The Morgan fingerprint density at radius 3 is 3.00 bits per heavy atom. The molecule has 0 spiro atoms. The van der Waals surface area contributed by atoms with Crippen molar-refractivity contribution in [1.82, 2.24) is 5.32 Å². The van der Waals surface area contributed by atoms with E-state index in [9.17, 15) is 0 Å². The minimum atomic E-state index is 0.745. The third-order valence-electron chi connectivity index (χ3n) is 2.05. The molecule has 0 amide bonds. The van der Waals surface area contributed by atoms with Crippen molar-refractivity contribution in [3.63, 3.8) is 0 Å². The van der Waals surface area contributed by atoms with Gasteiger partial charge in [-0.3, -0.25) is 0 Å². The fourth-order valence-electron chi connectivity index (χ4n) is 1.08. The molecule has 1 N–H and O–H groups in total. The zero-order valence-electron chi connectivity index (χ0n) is 8.55. The van der Waals surface area contributed by atoms with E-state index in [0.29, 0.717) is 0 Å². The van der Waals surface area contributed by atoms with Gasteiger partial charge in [-0.15, -0.1) is 11.3 Å². The van der Waals surface area contributed by atoms with Crippen LogP contribution in [0, 0.1) is 0 Å². The molecule has 80 valence electrons. The molecule has 0 aliphatic heterocycles. The molecule has 4 heteroatoms. The van der Waals surface area contributed by atoms with Crippen molar-refractivity contribution >= 4 is 34.7 Å². The van der Waals surface area contributed by atoms with Crippen molar-refractivity contribution in [2.45, 2.75) is 25.1 Å². The van der Waals surface area contributed by atoms with Gasteiger partial charge in [-0.1, -0.05) is 18.5 Å².